The summed E-state index contributed by atoms with van der Waals surface area (Å²) < 4.78 is 0. The van der Waals surface area contributed by atoms with Crippen LogP contribution in [0.2, 0.25) is 0 Å². The molecule has 9 heteroatoms. The molecule has 0 aromatic heterocycles. The number of carbonyl (C=O) groups excluding carboxylic acids is 3. The molecule has 108 valence electrons. The number of carboxylic acid groups (broad SMARTS) is 1. The van der Waals surface area contributed by atoms with Gasteiger partial charge in [0.25, 0.3) is 0 Å². The number of urea groups is 1. The van der Waals surface area contributed by atoms with Gasteiger partial charge >= 0.3 is 12.0 Å². The molecule has 6 N–H and O–H groups in total. The Balaban J connectivity index is 4.03. The predicted molar refractivity (Wildman–Crippen MR) is 65.1 cm³/mol. The molecule has 0 aromatic carbocycles. The largest absolute Gasteiger partial charge is 0.480 e. The minimum Gasteiger partial charge on any atom is -0.480 e. The quantitative estimate of drug-likeness (QED) is 0.351. The molecule has 0 unspecified atom stereocenters. The maximum absolute atomic E-state index is 11.3. The number of hydrogen-bond acceptors (Lipinski definition) is 4. The van der Waals surface area contributed by atoms with Crippen molar-refractivity contribution in [1.82, 2.24) is 16.0 Å². The van der Waals surface area contributed by atoms with Crippen molar-refractivity contribution in [3.05, 3.63) is 0 Å². The molecule has 0 spiro atoms. The first-order valence-electron chi connectivity index (χ1n) is 5.69. The van der Waals surface area contributed by atoms with Gasteiger partial charge in [-0.2, -0.15) is 0 Å². The van der Waals surface area contributed by atoms with Gasteiger partial charge in [-0.05, 0) is 6.92 Å². The summed E-state index contributed by atoms with van der Waals surface area (Å²) in [6, 6.07) is -2.17. The van der Waals surface area contributed by atoms with Crippen LogP contribution < -0.4 is 21.7 Å². The van der Waals surface area contributed by atoms with Gasteiger partial charge in [0.15, 0.2) is 0 Å². The molecule has 0 aromatic rings. The van der Waals surface area contributed by atoms with Gasteiger partial charge in [0.1, 0.15) is 6.04 Å². The van der Waals surface area contributed by atoms with Gasteiger partial charge in [0.2, 0.25) is 11.8 Å². The SMILES string of the molecule is CCNC(=O)CCNC(=O)N[C@H](CC(N)=O)C(=O)O. The second kappa shape index (κ2) is 8.72. The van der Waals surface area contributed by atoms with Crippen LogP contribution in [0.15, 0.2) is 0 Å². The summed E-state index contributed by atoms with van der Waals surface area (Å²) in [6.45, 7) is 2.31. The standard InChI is InChI=1S/C10H18N4O5/c1-2-12-8(16)3-4-13-10(19)14-6(9(17)18)5-7(11)15/h6H,2-5H2,1H3,(H2,11,15)(H,12,16)(H,17,18)(H2,13,14,19)/t6-/m1/s1. The minimum atomic E-state index is -1.39. The van der Waals surface area contributed by atoms with Crippen molar-refractivity contribution >= 4 is 23.8 Å². The van der Waals surface area contributed by atoms with Crippen molar-refractivity contribution in [2.75, 3.05) is 13.1 Å². The van der Waals surface area contributed by atoms with E-state index in [9.17, 15) is 19.2 Å². The molecule has 4 amide bonds. The minimum absolute atomic E-state index is 0.0561. The average Bonchev–Trinajstić information content (AvgIpc) is 2.27. The summed E-state index contributed by atoms with van der Waals surface area (Å²) in [5.74, 6) is -2.43. The number of aliphatic carboxylic acids is 1. The topological polar surface area (TPSA) is 151 Å². The lowest BCUT2D eigenvalue weighted by atomic mass is 10.2. The third-order valence-electron chi connectivity index (χ3n) is 2.02. The molecule has 1 atom stereocenters. The summed E-state index contributed by atoms with van der Waals surface area (Å²) in [5.41, 5.74) is 4.85. The molecule has 0 saturated carbocycles. The Morgan fingerprint density at radius 2 is 1.84 bits per heavy atom. The molecule has 0 saturated heterocycles. The fraction of sp³-hybridized carbons (Fsp3) is 0.600. The highest BCUT2D eigenvalue weighted by Crippen LogP contribution is 1.91. The van der Waals surface area contributed by atoms with E-state index >= 15 is 0 Å². The summed E-state index contributed by atoms with van der Waals surface area (Å²) in [5, 5.41) is 15.7. The number of hydrogen-bond donors (Lipinski definition) is 5. The Bertz CT molecular complexity index is 358. The smallest absolute Gasteiger partial charge is 0.326 e. The van der Waals surface area contributed by atoms with Crippen LogP contribution in [0, 0.1) is 0 Å². The number of carbonyl (C=O) groups is 4. The third kappa shape index (κ3) is 8.41. The number of nitrogens with one attached hydrogen (secondary N) is 3. The molecule has 0 aliphatic rings. The van der Waals surface area contributed by atoms with E-state index in [0.717, 1.165) is 0 Å². The first kappa shape index (κ1) is 16.7. The van der Waals surface area contributed by atoms with Crippen LogP contribution in [0.25, 0.3) is 0 Å². The van der Waals surface area contributed by atoms with Crippen molar-refractivity contribution < 1.29 is 24.3 Å². The fourth-order valence-corrected chi connectivity index (χ4v) is 1.19. The zero-order valence-corrected chi connectivity index (χ0v) is 10.6. The molecular formula is C10H18N4O5. The number of primary amides is 1. The van der Waals surface area contributed by atoms with Crippen molar-refractivity contribution in [1.29, 1.82) is 0 Å². The second-order valence-electron chi connectivity index (χ2n) is 3.67. The summed E-state index contributed by atoms with van der Waals surface area (Å²) >= 11 is 0. The van der Waals surface area contributed by atoms with Crippen LogP contribution >= 0.6 is 0 Å². The normalized spacial score (nSPS) is 11.2. The van der Waals surface area contributed by atoms with Gasteiger partial charge in [-0.3, -0.25) is 9.59 Å². The third-order valence-corrected chi connectivity index (χ3v) is 2.02. The van der Waals surface area contributed by atoms with Gasteiger partial charge in [-0.25, -0.2) is 9.59 Å². The van der Waals surface area contributed by atoms with E-state index in [4.69, 9.17) is 10.8 Å². The van der Waals surface area contributed by atoms with E-state index in [0.29, 0.717) is 6.54 Å². The van der Waals surface area contributed by atoms with E-state index in [2.05, 4.69) is 16.0 Å². The Morgan fingerprint density at radius 3 is 2.32 bits per heavy atom. The van der Waals surface area contributed by atoms with E-state index < -0.39 is 30.4 Å². The number of rotatable bonds is 8. The zero-order valence-electron chi connectivity index (χ0n) is 10.6. The summed E-state index contributed by atoms with van der Waals surface area (Å²) in [4.78, 5) is 43.7. The molecule has 0 rings (SSSR count). The number of amides is 4. The average molecular weight is 274 g/mol. The molecule has 0 fully saturated rings. The second-order valence-corrected chi connectivity index (χ2v) is 3.67. The number of carboxylic acids is 1. The maximum atomic E-state index is 11.3. The van der Waals surface area contributed by atoms with Gasteiger partial charge in [0, 0.05) is 19.5 Å². The fourth-order valence-electron chi connectivity index (χ4n) is 1.19. The zero-order chi connectivity index (χ0) is 14.8. The highest BCUT2D eigenvalue weighted by molar-refractivity contribution is 5.87. The van der Waals surface area contributed by atoms with E-state index in [1.807, 2.05) is 0 Å². The predicted octanol–water partition coefficient (Wildman–Crippen LogP) is -1.86. The van der Waals surface area contributed by atoms with Gasteiger partial charge in [0.05, 0.1) is 6.42 Å². The Hall–Kier alpha value is -2.32. The van der Waals surface area contributed by atoms with Gasteiger partial charge in [-0.1, -0.05) is 0 Å². The monoisotopic (exact) mass is 274 g/mol. The maximum Gasteiger partial charge on any atom is 0.326 e. The first-order chi connectivity index (χ1) is 8.86. The molecule has 0 bridgehead atoms. The lowest BCUT2D eigenvalue weighted by molar-refractivity contribution is -0.140. The van der Waals surface area contributed by atoms with Crippen LogP contribution in [0.4, 0.5) is 4.79 Å². The van der Waals surface area contributed by atoms with Crippen molar-refractivity contribution in [2.45, 2.75) is 25.8 Å². The van der Waals surface area contributed by atoms with Crippen LogP contribution in [-0.2, 0) is 14.4 Å². The van der Waals surface area contributed by atoms with Crippen molar-refractivity contribution in [3.63, 3.8) is 0 Å². The molecule has 0 aliphatic carbocycles. The highest BCUT2D eigenvalue weighted by atomic mass is 16.4. The molecule has 19 heavy (non-hydrogen) atoms. The summed E-state index contributed by atoms with van der Waals surface area (Å²) in [7, 11) is 0. The van der Waals surface area contributed by atoms with Crippen LogP contribution in [0.1, 0.15) is 19.8 Å². The Morgan fingerprint density at radius 1 is 1.21 bits per heavy atom. The van der Waals surface area contributed by atoms with Gasteiger partial charge in [-0.15, -0.1) is 0 Å². The molecule has 0 heterocycles. The molecular weight excluding hydrogens is 256 g/mol. The van der Waals surface area contributed by atoms with Crippen LogP contribution in [0.3, 0.4) is 0 Å². The Kier molecular flexibility index (Phi) is 7.66. The molecule has 0 aliphatic heterocycles. The highest BCUT2D eigenvalue weighted by Gasteiger charge is 2.21. The first-order valence-corrected chi connectivity index (χ1v) is 5.69. The Labute approximate surface area is 109 Å². The van der Waals surface area contributed by atoms with Gasteiger partial charge < -0.3 is 26.8 Å². The van der Waals surface area contributed by atoms with Crippen molar-refractivity contribution in [3.8, 4) is 0 Å². The molecule has 9 nitrogen and oxygen atoms in total. The summed E-state index contributed by atoms with van der Waals surface area (Å²) in [6.07, 6.45) is -0.423. The number of nitrogens with two attached hydrogens (primary N) is 1. The van der Waals surface area contributed by atoms with Crippen molar-refractivity contribution in [2.24, 2.45) is 5.73 Å². The van der Waals surface area contributed by atoms with Crippen LogP contribution in [0.5, 0.6) is 0 Å². The van der Waals surface area contributed by atoms with Crippen LogP contribution in [-0.4, -0.2) is 48.1 Å². The van der Waals surface area contributed by atoms with E-state index in [-0.39, 0.29) is 18.9 Å². The lowest BCUT2D eigenvalue weighted by Gasteiger charge is -2.13. The lowest BCUT2D eigenvalue weighted by Crippen LogP contribution is -2.48. The van der Waals surface area contributed by atoms with E-state index in [1.165, 1.54) is 0 Å². The molecule has 0 radical (unpaired) electrons. The van der Waals surface area contributed by atoms with E-state index in [1.54, 1.807) is 6.92 Å².